The fourth-order valence-corrected chi connectivity index (χ4v) is 1.05. The van der Waals surface area contributed by atoms with E-state index in [0.29, 0.717) is 19.4 Å². The fourth-order valence-electron chi connectivity index (χ4n) is 1.05. The molecule has 0 spiro atoms. The molecular formula is C10H20O3. The first kappa shape index (κ1) is 12.6. The lowest BCUT2D eigenvalue weighted by Gasteiger charge is -2.21. The average Bonchev–Trinajstić information content (AvgIpc) is 2.04. The van der Waals surface area contributed by atoms with Gasteiger partial charge < -0.3 is 9.47 Å². The van der Waals surface area contributed by atoms with Crippen LogP contribution >= 0.6 is 0 Å². The zero-order valence-electron chi connectivity index (χ0n) is 9.05. The fraction of sp³-hybridized carbons (Fsp3) is 0.900. The summed E-state index contributed by atoms with van der Waals surface area (Å²) in [4.78, 5) is 11.4. The Hall–Kier alpha value is -0.410. The van der Waals surface area contributed by atoms with Crippen LogP contribution in [0.1, 0.15) is 33.1 Å². The molecule has 0 N–H and O–H groups in total. The van der Waals surface area contributed by atoms with E-state index in [9.17, 15) is 4.79 Å². The number of ketones is 1. The molecule has 3 nitrogen and oxygen atoms in total. The molecule has 0 aromatic carbocycles. The minimum atomic E-state index is -0.329. The topological polar surface area (TPSA) is 35.5 Å². The van der Waals surface area contributed by atoms with Crippen molar-refractivity contribution in [3.05, 3.63) is 0 Å². The largest absolute Gasteiger partial charge is 0.385 e. The van der Waals surface area contributed by atoms with Gasteiger partial charge in [0.25, 0.3) is 0 Å². The van der Waals surface area contributed by atoms with Crippen molar-refractivity contribution in [2.75, 3.05) is 20.8 Å². The van der Waals surface area contributed by atoms with Gasteiger partial charge in [0, 0.05) is 33.7 Å². The van der Waals surface area contributed by atoms with Gasteiger partial charge in [-0.25, -0.2) is 0 Å². The van der Waals surface area contributed by atoms with Crippen LogP contribution in [0.15, 0.2) is 0 Å². The van der Waals surface area contributed by atoms with E-state index in [1.807, 2.05) is 13.8 Å². The molecule has 0 unspecified atom stereocenters. The summed E-state index contributed by atoms with van der Waals surface area (Å²) >= 11 is 0. The van der Waals surface area contributed by atoms with Gasteiger partial charge >= 0.3 is 0 Å². The summed E-state index contributed by atoms with van der Waals surface area (Å²) in [5, 5.41) is 0. The molecule has 3 heteroatoms. The second-order valence-corrected chi connectivity index (χ2v) is 3.78. The molecule has 0 aromatic rings. The first-order valence-corrected chi connectivity index (χ1v) is 4.57. The molecule has 0 atom stereocenters. The zero-order valence-corrected chi connectivity index (χ0v) is 9.05. The number of ether oxygens (including phenoxy) is 2. The Morgan fingerprint density at radius 2 is 1.92 bits per heavy atom. The minimum Gasteiger partial charge on any atom is -0.385 e. The van der Waals surface area contributed by atoms with Gasteiger partial charge in [-0.3, -0.25) is 4.79 Å². The van der Waals surface area contributed by atoms with Gasteiger partial charge in [0.05, 0.1) is 5.60 Å². The van der Waals surface area contributed by atoms with Gasteiger partial charge in [-0.2, -0.15) is 0 Å². The van der Waals surface area contributed by atoms with Gasteiger partial charge in [0.15, 0.2) is 0 Å². The number of carbonyl (C=O) groups is 1. The molecule has 0 bridgehead atoms. The molecule has 0 aliphatic rings. The highest BCUT2D eigenvalue weighted by Crippen LogP contribution is 2.14. The Kier molecular flexibility index (Phi) is 5.91. The van der Waals surface area contributed by atoms with Crippen LogP contribution in [0.4, 0.5) is 0 Å². The van der Waals surface area contributed by atoms with Crippen molar-refractivity contribution in [1.82, 2.24) is 0 Å². The SMILES string of the molecule is COCCCC(=O)CC(C)(C)OC. The number of hydrogen-bond donors (Lipinski definition) is 0. The summed E-state index contributed by atoms with van der Waals surface area (Å²) in [5.74, 6) is 0.240. The summed E-state index contributed by atoms with van der Waals surface area (Å²) in [6, 6.07) is 0. The van der Waals surface area contributed by atoms with Gasteiger partial charge in [-0.05, 0) is 20.3 Å². The van der Waals surface area contributed by atoms with Gasteiger partial charge in [-0.15, -0.1) is 0 Å². The molecule has 13 heavy (non-hydrogen) atoms. The maximum absolute atomic E-state index is 11.4. The highest BCUT2D eigenvalue weighted by molar-refractivity contribution is 5.79. The number of hydrogen-bond acceptors (Lipinski definition) is 3. The Balaban J connectivity index is 3.62. The third-order valence-electron chi connectivity index (χ3n) is 1.98. The second-order valence-electron chi connectivity index (χ2n) is 3.78. The third-order valence-corrected chi connectivity index (χ3v) is 1.98. The molecular weight excluding hydrogens is 168 g/mol. The van der Waals surface area contributed by atoms with Gasteiger partial charge in [-0.1, -0.05) is 0 Å². The summed E-state index contributed by atoms with van der Waals surface area (Å²) in [5.41, 5.74) is -0.329. The second kappa shape index (κ2) is 6.11. The van der Waals surface area contributed by atoms with Gasteiger partial charge in [0.1, 0.15) is 5.78 Å². The van der Waals surface area contributed by atoms with Crippen molar-refractivity contribution < 1.29 is 14.3 Å². The van der Waals surface area contributed by atoms with E-state index < -0.39 is 0 Å². The van der Waals surface area contributed by atoms with Gasteiger partial charge in [0.2, 0.25) is 0 Å². The first-order valence-electron chi connectivity index (χ1n) is 4.57. The predicted molar refractivity (Wildman–Crippen MR) is 51.8 cm³/mol. The molecule has 0 radical (unpaired) electrons. The molecule has 0 saturated carbocycles. The summed E-state index contributed by atoms with van der Waals surface area (Å²) in [7, 11) is 3.27. The standard InChI is InChI=1S/C10H20O3/c1-10(2,13-4)8-9(11)6-5-7-12-3/h5-8H2,1-4H3. The lowest BCUT2D eigenvalue weighted by Crippen LogP contribution is -2.26. The van der Waals surface area contributed by atoms with E-state index in [2.05, 4.69) is 0 Å². The third kappa shape index (κ3) is 6.72. The van der Waals surface area contributed by atoms with Crippen LogP contribution in [0.25, 0.3) is 0 Å². The number of carbonyl (C=O) groups excluding carboxylic acids is 1. The van der Waals surface area contributed by atoms with E-state index in [0.717, 1.165) is 6.42 Å². The molecule has 0 saturated heterocycles. The predicted octanol–water partition coefficient (Wildman–Crippen LogP) is 1.80. The van der Waals surface area contributed by atoms with Crippen molar-refractivity contribution in [3.63, 3.8) is 0 Å². The summed E-state index contributed by atoms with van der Waals surface area (Å²) in [6.07, 6.45) is 1.86. The van der Waals surface area contributed by atoms with E-state index in [-0.39, 0.29) is 11.4 Å². The number of rotatable bonds is 7. The van der Waals surface area contributed by atoms with E-state index in [1.54, 1.807) is 14.2 Å². The van der Waals surface area contributed by atoms with Crippen molar-refractivity contribution in [2.24, 2.45) is 0 Å². The molecule has 0 aromatic heterocycles. The molecule has 78 valence electrons. The summed E-state index contributed by atoms with van der Waals surface area (Å²) in [6.45, 7) is 4.49. The van der Waals surface area contributed by atoms with Crippen LogP contribution in [-0.2, 0) is 14.3 Å². The maximum Gasteiger partial charge on any atom is 0.135 e. The van der Waals surface area contributed by atoms with Crippen LogP contribution in [0.2, 0.25) is 0 Å². The average molecular weight is 188 g/mol. The van der Waals surface area contributed by atoms with Crippen LogP contribution in [-0.4, -0.2) is 32.2 Å². The zero-order chi connectivity index (χ0) is 10.3. The molecule has 0 heterocycles. The van der Waals surface area contributed by atoms with Crippen LogP contribution in [0, 0.1) is 0 Å². The van der Waals surface area contributed by atoms with Crippen molar-refractivity contribution >= 4 is 5.78 Å². The van der Waals surface area contributed by atoms with Crippen molar-refractivity contribution in [2.45, 2.75) is 38.7 Å². The molecule has 0 fully saturated rings. The molecule has 0 amide bonds. The lowest BCUT2D eigenvalue weighted by molar-refractivity contribution is -0.124. The molecule has 0 rings (SSSR count). The smallest absolute Gasteiger partial charge is 0.135 e. The Morgan fingerprint density at radius 3 is 2.38 bits per heavy atom. The normalized spacial score (nSPS) is 11.7. The van der Waals surface area contributed by atoms with E-state index >= 15 is 0 Å². The van der Waals surface area contributed by atoms with Crippen molar-refractivity contribution in [3.8, 4) is 0 Å². The number of methoxy groups -OCH3 is 2. The maximum atomic E-state index is 11.4. The van der Waals surface area contributed by atoms with Crippen LogP contribution in [0.5, 0.6) is 0 Å². The Morgan fingerprint density at radius 1 is 1.31 bits per heavy atom. The van der Waals surface area contributed by atoms with E-state index in [4.69, 9.17) is 9.47 Å². The summed E-state index contributed by atoms with van der Waals surface area (Å²) < 4.78 is 10.0. The number of Topliss-reactive ketones (excluding diaryl/α,β-unsaturated/α-hetero) is 1. The Labute approximate surface area is 80.4 Å². The van der Waals surface area contributed by atoms with Crippen LogP contribution in [0.3, 0.4) is 0 Å². The highest BCUT2D eigenvalue weighted by Gasteiger charge is 2.20. The Bertz CT molecular complexity index is 152. The van der Waals surface area contributed by atoms with Crippen molar-refractivity contribution in [1.29, 1.82) is 0 Å². The highest BCUT2D eigenvalue weighted by atomic mass is 16.5. The van der Waals surface area contributed by atoms with Crippen LogP contribution < -0.4 is 0 Å². The van der Waals surface area contributed by atoms with E-state index in [1.165, 1.54) is 0 Å². The quantitative estimate of drug-likeness (QED) is 0.571. The monoisotopic (exact) mass is 188 g/mol. The molecule has 0 aliphatic heterocycles. The first-order chi connectivity index (χ1) is 6.02. The molecule has 0 aliphatic carbocycles. The lowest BCUT2D eigenvalue weighted by atomic mass is 9.99. The minimum absolute atomic E-state index is 0.240.